The van der Waals surface area contributed by atoms with Crippen molar-refractivity contribution in [3.8, 4) is 17.2 Å². The first kappa shape index (κ1) is 15.6. The lowest BCUT2D eigenvalue weighted by molar-refractivity contribution is 0.102. The van der Waals surface area contributed by atoms with E-state index >= 15 is 0 Å². The Labute approximate surface area is 129 Å². The van der Waals surface area contributed by atoms with Gasteiger partial charge in [0, 0.05) is 6.20 Å². The van der Waals surface area contributed by atoms with Crippen molar-refractivity contribution in [1.29, 1.82) is 0 Å². The molecule has 116 valence electrons. The predicted octanol–water partition coefficient (Wildman–Crippen LogP) is 2.67. The number of rotatable bonds is 5. The number of pyridine rings is 1. The second-order valence-electron chi connectivity index (χ2n) is 4.55. The topological polar surface area (TPSA) is 69.7 Å². The van der Waals surface area contributed by atoms with E-state index in [1.54, 1.807) is 24.4 Å². The summed E-state index contributed by atoms with van der Waals surface area (Å²) in [6.07, 6.45) is 1.63. The number of ether oxygens (including phenoxy) is 3. The minimum Gasteiger partial charge on any atom is -0.496 e. The van der Waals surface area contributed by atoms with Gasteiger partial charge in [-0.1, -0.05) is 0 Å². The Balaban J connectivity index is 2.43. The zero-order valence-electron chi connectivity index (χ0n) is 13.0. The number of hydrogen-bond donors (Lipinski definition) is 1. The quantitative estimate of drug-likeness (QED) is 0.919. The lowest BCUT2D eigenvalue weighted by atomic mass is 10.1. The summed E-state index contributed by atoms with van der Waals surface area (Å²) in [5.74, 6) is 1.23. The van der Waals surface area contributed by atoms with Gasteiger partial charge in [-0.2, -0.15) is 0 Å². The second kappa shape index (κ2) is 6.80. The van der Waals surface area contributed by atoms with Gasteiger partial charge < -0.3 is 19.5 Å². The molecule has 0 unspecified atom stereocenters. The van der Waals surface area contributed by atoms with E-state index in [0.717, 1.165) is 5.56 Å². The van der Waals surface area contributed by atoms with Gasteiger partial charge in [0.15, 0.2) is 11.5 Å². The lowest BCUT2D eigenvalue weighted by Crippen LogP contribution is -2.16. The van der Waals surface area contributed by atoms with E-state index in [2.05, 4.69) is 10.3 Å². The van der Waals surface area contributed by atoms with Gasteiger partial charge in [0.1, 0.15) is 17.1 Å². The van der Waals surface area contributed by atoms with E-state index in [9.17, 15) is 4.79 Å². The molecule has 0 fully saturated rings. The standard InChI is InChI=1S/C16H18N2O4/c1-10-7-8-17-13(9-10)18-16(19)14-11(20-2)5-6-12(21-3)15(14)22-4/h5-9H,1-4H3,(H,17,18,19). The molecule has 0 radical (unpaired) electrons. The average Bonchev–Trinajstić information content (AvgIpc) is 2.53. The van der Waals surface area contributed by atoms with Crippen LogP contribution in [-0.4, -0.2) is 32.2 Å². The molecular weight excluding hydrogens is 284 g/mol. The van der Waals surface area contributed by atoms with E-state index in [1.165, 1.54) is 21.3 Å². The molecule has 0 aliphatic carbocycles. The molecule has 1 heterocycles. The number of methoxy groups -OCH3 is 3. The van der Waals surface area contributed by atoms with Crippen LogP contribution in [0.25, 0.3) is 0 Å². The van der Waals surface area contributed by atoms with Crippen molar-refractivity contribution in [1.82, 2.24) is 4.98 Å². The molecule has 0 aliphatic rings. The zero-order valence-corrected chi connectivity index (χ0v) is 13.0. The van der Waals surface area contributed by atoms with Gasteiger partial charge in [0.2, 0.25) is 0 Å². The predicted molar refractivity (Wildman–Crippen MR) is 83.0 cm³/mol. The number of nitrogens with one attached hydrogen (secondary N) is 1. The maximum absolute atomic E-state index is 12.6. The third-order valence-corrected chi connectivity index (χ3v) is 3.11. The highest BCUT2D eigenvalue weighted by molar-refractivity contribution is 6.08. The molecule has 1 N–H and O–H groups in total. The lowest BCUT2D eigenvalue weighted by Gasteiger charge is -2.15. The molecule has 0 bridgehead atoms. The van der Waals surface area contributed by atoms with E-state index in [-0.39, 0.29) is 11.5 Å². The zero-order chi connectivity index (χ0) is 16.1. The first-order valence-electron chi connectivity index (χ1n) is 6.63. The van der Waals surface area contributed by atoms with Crippen LogP contribution < -0.4 is 19.5 Å². The summed E-state index contributed by atoms with van der Waals surface area (Å²) in [5.41, 5.74) is 1.25. The van der Waals surface area contributed by atoms with Crippen molar-refractivity contribution in [2.75, 3.05) is 26.6 Å². The monoisotopic (exact) mass is 302 g/mol. The summed E-state index contributed by atoms with van der Waals surface area (Å²) in [6, 6.07) is 6.96. The molecule has 0 saturated carbocycles. The van der Waals surface area contributed by atoms with Crippen molar-refractivity contribution in [2.24, 2.45) is 0 Å². The van der Waals surface area contributed by atoms with Crippen LogP contribution >= 0.6 is 0 Å². The number of nitrogens with zero attached hydrogens (tertiary/aromatic N) is 1. The Bertz CT molecular complexity index is 686. The van der Waals surface area contributed by atoms with Crippen molar-refractivity contribution in [2.45, 2.75) is 6.92 Å². The first-order valence-corrected chi connectivity index (χ1v) is 6.63. The van der Waals surface area contributed by atoms with Gasteiger partial charge in [-0.3, -0.25) is 4.79 Å². The minimum absolute atomic E-state index is 0.257. The Morgan fingerprint density at radius 3 is 2.32 bits per heavy atom. The summed E-state index contributed by atoms with van der Waals surface area (Å²) in [7, 11) is 4.47. The fourth-order valence-corrected chi connectivity index (χ4v) is 2.08. The van der Waals surface area contributed by atoms with Crippen LogP contribution in [0.2, 0.25) is 0 Å². The van der Waals surface area contributed by atoms with Crippen molar-refractivity contribution < 1.29 is 19.0 Å². The maximum atomic E-state index is 12.6. The van der Waals surface area contributed by atoms with Gasteiger partial charge in [0.05, 0.1) is 21.3 Å². The maximum Gasteiger partial charge on any atom is 0.264 e. The molecule has 2 aromatic rings. The van der Waals surface area contributed by atoms with Crippen molar-refractivity contribution >= 4 is 11.7 Å². The van der Waals surface area contributed by atoms with Gasteiger partial charge in [-0.15, -0.1) is 0 Å². The number of carbonyl (C=O) groups is 1. The molecule has 0 spiro atoms. The molecule has 1 aromatic carbocycles. The van der Waals surface area contributed by atoms with Crippen molar-refractivity contribution in [3.05, 3.63) is 41.6 Å². The van der Waals surface area contributed by atoms with Crippen LogP contribution in [0.4, 0.5) is 5.82 Å². The number of amides is 1. The van der Waals surface area contributed by atoms with Gasteiger partial charge >= 0.3 is 0 Å². The highest BCUT2D eigenvalue weighted by atomic mass is 16.5. The fourth-order valence-electron chi connectivity index (χ4n) is 2.08. The molecule has 0 aliphatic heterocycles. The van der Waals surface area contributed by atoms with Crippen molar-refractivity contribution in [3.63, 3.8) is 0 Å². The molecular formula is C16H18N2O4. The number of aromatic nitrogens is 1. The minimum atomic E-state index is -0.384. The molecule has 6 heteroatoms. The SMILES string of the molecule is COc1ccc(OC)c(C(=O)Nc2cc(C)ccn2)c1OC. The van der Waals surface area contributed by atoms with E-state index in [1.807, 2.05) is 13.0 Å². The molecule has 1 amide bonds. The van der Waals surface area contributed by atoms with Crippen LogP contribution in [0.15, 0.2) is 30.5 Å². The third-order valence-electron chi connectivity index (χ3n) is 3.11. The number of carbonyl (C=O) groups excluding carboxylic acids is 1. The smallest absolute Gasteiger partial charge is 0.264 e. The average molecular weight is 302 g/mol. The Morgan fingerprint density at radius 2 is 1.73 bits per heavy atom. The molecule has 6 nitrogen and oxygen atoms in total. The summed E-state index contributed by atoms with van der Waals surface area (Å²) < 4.78 is 15.8. The van der Waals surface area contributed by atoms with E-state index < -0.39 is 0 Å². The number of anilines is 1. The van der Waals surface area contributed by atoms with Crippen LogP contribution in [-0.2, 0) is 0 Å². The number of aryl methyl sites for hydroxylation is 1. The highest BCUT2D eigenvalue weighted by Crippen LogP contribution is 2.37. The molecule has 22 heavy (non-hydrogen) atoms. The summed E-state index contributed by atoms with van der Waals surface area (Å²) in [5, 5.41) is 2.73. The third kappa shape index (κ3) is 3.11. The highest BCUT2D eigenvalue weighted by Gasteiger charge is 2.22. The molecule has 0 atom stereocenters. The molecule has 1 aromatic heterocycles. The summed E-state index contributed by atoms with van der Waals surface area (Å²) >= 11 is 0. The summed E-state index contributed by atoms with van der Waals surface area (Å²) in [6.45, 7) is 1.92. The van der Waals surface area contributed by atoms with Gasteiger partial charge in [-0.05, 0) is 36.8 Å². The van der Waals surface area contributed by atoms with Crippen LogP contribution in [0.1, 0.15) is 15.9 Å². The van der Waals surface area contributed by atoms with Crippen LogP contribution in [0.5, 0.6) is 17.2 Å². The molecule has 0 saturated heterocycles. The molecule has 2 rings (SSSR count). The van der Waals surface area contributed by atoms with Gasteiger partial charge in [0.25, 0.3) is 5.91 Å². The normalized spacial score (nSPS) is 10.0. The number of hydrogen-bond acceptors (Lipinski definition) is 5. The number of benzene rings is 1. The van der Waals surface area contributed by atoms with Crippen LogP contribution in [0.3, 0.4) is 0 Å². The fraction of sp³-hybridized carbons (Fsp3) is 0.250. The first-order chi connectivity index (χ1) is 10.6. The van der Waals surface area contributed by atoms with E-state index in [4.69, 9.17) is 14.2 Å². The largest absolute Gasteiger partial charge is 0.496 e. The van der Waals surface area contributed by atoms with E-state index in [0.29, 0.717) is 23.1 Å². The van der Waals surface area contributed by atoms with Crippen LogP contribution in [0, 0.1) is 6.92 Å². The second-order valence-corrected chi connectivity index (χ2v) is 4.55. The summed E-state index contributed by atoms with van der Waals surface area (Å²) in [4.78, 5) is 16.7. The Kier molecular flexibility index (Phi) is 4.83. The Hall–Kier alpha value is -2.76. The Morgan fingerprint density at radius 1 is 1.05 bits per heavy atom. The van der Waals surface area contributed by atoms with Gasteiger partial charge in [-0.25, -0.2) is 4.98 Å².